The standard InChI is InChI=1S/C5H8N2O/c6-4-1-2-7-3-5(4)8/h1-5,8H,6H2. The van der Waals surface area contributed by atoms with Gasteiger partial charge >= 0.3 is 0 Å². The minimum Gasteiger partial charge on any atom is -0.385 e. The van der Waals surface area contributed by atoms with Crippen LogP contribution in [0.2, 0.25) is 0 Å². The van der Waals surface area contributed by atoms with Crippen LogP contribution in [0.15, 0.2) is 17.3 Å². The number of nitrogens with zero attached hydrogens (tertiary/aromatic N) is 1. The zero-order chi connectivity index (χ0) is 5.98. The van der Waals surface area contributed by atoms with Crippen LogP contribution in [0.1, 0.15) is 0 Å². The molecule has 0 fully saturated rings. The maximum Gasteiger partial charge on any atom is 0.108 e. The molecule has 0 radical (unpaired) electrons. The molecule has 1 aliphatic rings. The molecule has 44 valence electrons. The molecule has 0 amide bonds. The van der Waals surface area contributed by atoms with Crippen LogP contribution in [0.3, 0.4) is 0 Å². The summed E-state index contributed by atoms with van der Waals surface area (Å²) in [5.74, 6) is 0. The van der Waals surface area contributed by atoms with E-state index >= 15 is 0 Å². The largest absolute Gasteiger partial charge is 0.385 e. The number of aliphatic hydroxyl groups excluding tert-OH is 1. The molecule has 3 nitrogen and oxygen atoms in total. The minimum absolute atomic E-state index is 0.271. The molecule has 3 heteroatoms. The topological polar surface area (TPSA) is 58.6 Å². The lowest BCUT2D eigenvalue weighted by Gasteiger charge is -2.11. The van der Waals surface area contributed by atoms with Crippen molar-refractivity contribution in [1.29, 1.82) is 0 Å². The van der Waals surface area contributed by atoms with Crippen molar-refractivity contribution >= 4 is 6.21 Å². The first kappa shape index (κ1) is 5.47. The van der Waals surface area contributed by atoms with Gasteiger partial charge in [0.1, 0.15) is 6.10 Å². The van der Waals surface area contributed by atoms with Crippen LogP contribution in [0.4, 0.5) is 0 Å². The Bertz CT molecular complexity index is 114. The van der Waals surface area contributed by atoms with E-state index in [9.17, 15) is 0 Å². The Balaban J connectivity index is 2.59. The van der Waals surface area contributed by atoms with Gasteiger partial charge in [0, 0.05) is 12.4 Å². The number of rotatable bonds is 0. The van der Waals surface area contributed by atoms with Crippen molar-refractivity contribution < 1.29 is 5.11 Å². The summed E-state index contributed by atoms with van der Waals surface area (Å²) in [4.78, 5) is 3.67. The summed E-state index contributed by atoms with van der Waals surface area (Å²) >= 11 is 0. The Morgan fingerprint density at radius 1 is 1.62 bits per heavy atom. The van der Waals surface area contributed by atoms with Gasteiger partial charge in [0.05, 0.1) is 6.04 Å². The third-order valence-electron chi connectivity index (χ3n) is 1.03. The zero-order valence-electron chi connectivity index (χ0n) is 4.36. The van der Waals surface area contributed by atoms with Gasteiger partial charge in [-0.2, -0.15) is 0 Å². The monoisotopic (exact) mass is 112 g/mol. The Morgan fingerprint density at radius 2 is 2.38 bits per heavy atom. The van der Waals surface area contributed by atoms with Crippen LogP contribution in [-0.4, -0.2) is 23.5 Å². The second-order valence-electron chi connectivity index (χ2n) is 1.71. The van der Waals surface area contributed by atoms with E-state index in [4.69, 9.17) is 10.8 Å². The lowest BCUT2D eigenvalue weighted by Crippen LogP contribution is -2.34. The number of aliphatic hydroxyl groups is 1. The molecule has 0 aromatic rings. The Kier molecular flexibility index (Phi) is 1.41. The van der Waals surface area contributed by atoms with Gasteiger partial charge in [-0.15, -0.1) is 0 Å². The molecule has 1 aliphatic heterocycles. The highest BCUT2D eigenvalue weighted by molar-refractivity contribution is 5.66. The molecule has 2 unspecified atom stereocenters. The van der Waals surface area contributed by atoms with E-state index in [0.717, 1.165) is 0 Å². The van der Waals surface area contributed by atoms with Crippen molar-refractivity contribution in [3.8, 4) is 0 Å². The molecular weight excluding hydrogens is 104 g/mol. The quantitative estimate of drug-likeness (QED) is 0.434. The molecule has 0 bridgehead atoms. The van der Waals surface area contributed by atoms with Gasteiger partial charge in [0.15, 0.2) is 0 Å². The van der Waals surface area contributed by atoms with Gasteiger partial charge in [-0.25, -0.2) is 0 Å². The van der Waals surface area contributed by atoms with E-state index in [2.05, 4.69) is 4.99 Å². The summed E-state index contributed by atoms with van der Waals surface area (Å²) in [5.41, 5.74) is 5.35. The first-order valence-corrected chi connectivity index (χ1v) is 2.44. The molecule has 0 aromatic carbocycles. The van der Waals surface area contributed by atoms with Gasteiger partial charge in [0.2, 0.25) is 0 Å². The fraction of sp³-hybridized carbons (Fsp3) is 0.400. The van der Waals surface area contributed by atoms with Crippen LogP contribution in [0.25, 0.3) is 0 Å². The highest BCUT2D eigenvalue weighted by Crippen LogP contribution is 1.94. The molecule has 2 atom stereocenters. The fourth-order valence-electron chi connectivity index (χ4n) is 0.500. The second kappa shape index (κ2) is 2.07. The fourth-order valence-corrected chi connectivity index (χ4v) is 0.500. The van der Waals surface area contributed by atoms with Crippen LogP contribution < -0.4 is 5.73 Å². The number of hydrogen-bond acceptors (Lipinski definition) is 3. The molecule has 1 heterocycles. The van der Waals surface area contributed by atoms with Crippen LogP contribution in [0.5, 0.6) is 0 Å². The summed E-state index contributed by atoms with van der Waals surface area (Å²) < 4.78 is 0. The third kappa shape index (κ3) is 0.936. The Labute approximate surface area is 47.5 Å². The number of hydrogen-bond donors (Lipinski definition) is 2. The highest BCUT2D eigenvalue weighted by Gasteiger charge is 2.09. The van der Waals surface area contributed by atoms with Gasteiger partial charge in [0.25, 0.3) is 0 Å². The molecule has 0 saturated carbocycles. The van der Waals surface area contributed by atoms with E-state index in [0.29, 0.717) is 0 Å². The van der Waals surface area contributed by atoms with E-state index in [1.807, 2.05) is 0 Å². The predicted molar refractivity (Wildman–Crippen MR) is 31.6 cm³/mol. The highest BCUT2D eigenvalue weighted by atomic mass is 16.3. The molecule has 3 N–H and O–H groups in total. The molecular formula is C5H8N2O. The molecule has 0 saturated heterocycles. The maximum atomic E-state index is 8.85. The number of aliphatic imine (C=N–C) groups is 1. The van der Waals surface area contributed by atoms with E-state index in [1.165, 1.54) is 6.21 Å². The first-order chi connectivity index (χ1) is 3.80. The van der Waals surface area contributed by atoms with Crippen molar-refractivity contribution in [1.82, 2.24) is 0 Å². The van der Waals surface area contributed by atoms with Crippen LogP contribution >= 0.6 is 0 Å². The van der Waals surface area contributed by atoms with Crippen LogP contribution in [0, 0.1) is 0 Å². The van der Waals surface area contributed by atoms with E-state index in [-0.39, 0.29) is 6.04 Å². The second-order valence-corrected chi connectivity index (χ2v) is 1.71. The van der Waals surface area contributed by atoms with E-state index in [1.54, 1.807) is 12.3 Å². The molecule has 1 rings (SSSR count). The van der Waals surface area contributed by atoms with Crippen LogP contribution in [-0.2, 0) is 0 Å². The average molecular weight is 112 g/mol. The maximum absolute atomic E-state index is 8.85. The minimum atomic E-state index is -0.597. The van der Waals surface area contributed by atoms with Crippen molar-refractivity contribution in [2.75, 3.05) is 0 Å². The lowest BCUT2D eigenvalue weighted by atomic mass is 10.1. The van der Waals surface area contributed by atoms with Gasteiger partial charge in [-0.3, -0.25) is 4.99 Å². The summed E-state index contributed by atoms with van der Waals surface area (Å²) in [6.45, 7) is 0. The SMILES string of the molecule is NC1C=CN=CC1O. The third-order valence-corrected chi connectivity index (χ3v) is 1.03. The Morgan fingerprint density at radius 3 is 2.75 bits per heavy atom. The van der Waals surface area contributed by atoms with Crippen molar-refractivity contribution in [3.05, 3.63) is 12.3 Å². The molecule has 8 heavy (non-hydrogen) atoms. The van der Waals surface area contributed by atoms with Crippen molar-refractivity contribution in [2.24, 2.45) is 10.7 Å². The zero-order valence-corrected chi connectivity index (χ0v) is 4.36. The lowest BCUT2D eigenvalue weighted by molar-refractivity contribution is 0.230. The molecule has 0 aromatic heterocycles. The van der Waals surface area contributed by atoms with Gasteiger partial charge in [-0.05, 0) is 6.08 Å². The summed E-state index contributed by atoms with van der Waals surface area (Å²) in [7, 11) is 0. The van der Waals surface area contributed by atoms with Gasteiger partial charge < -0.3 is 10.8 Å². The summed E-state index contributed by atoms with van der Waals surface area (Å²) in [6.07, 6.45) is 4.06. The predicted octanol–water partition coefficient (Wildman–Crippen LogP) is -0.727. The normalized spacial score (nSPS) is 35.8. The summed E-state index contributed by atoms with van der Waals surface area (Å²) in [6, 6.07) is -0.271. The molecule has 0 spiro atoms. The average Bonchev–Trinajstić information content (AvgIpc) is 1.77. The van der Waals surface area contributed by atoms with Crippen molar-refractivity contribution in [2.45, 2.75) is 12.1 Å². The van der Waals surface area contributed by atoms with E-state index < -0.39 is 6.10 Å². The smallest absolute Gasteiger partial charge is 0.108 e. The molecule has 0 aliphatic carbocycles. The number of nitrogens with two attached hydrogens (primary N) is 1. The van der Waals surface area contributed by atoms with Gasteiger partial charge in [-0.1, -0.05) is 0 Å². The summed E-state index contributed by atoms with van der Waals surface area (Å²) in [5, 5.41) is 8.85. The Hall–Kier alpha value is -0.670. The van der Waals surface area contributed by atoms with Crippen molar-refractivity contribution in [3.63, 3.8) is 0 Å². The first-order valence-electron chi connectivity index (χ1n) is 2.44.